The summed E-state index contributed by atoms with van der Waals surface area (Å²) in [7, 11) is 4.17. The molecule has 1 aliphatic carbocycles. The van der Waals surface area contributed by atoms with Crippen LogP contribution < -0.4 is 5.73 Å². The number of likely N-dealkylation sites (tertiary alicyclic amines) is 1. The summed E-state index contributed by atoms with van der Waals surface area (Å²) in [5.41, 5.74) is 14.8. The largest absolute Gasteiger partial charge is 0.398 e. The van der Waals surface area contributed by atoms with E-state index in [1.165, 1.54) is 32.4 Å². The van der Waals surface area contributed by atoms with Crippen molar-refractivity contribution in [2.24, 2.45) is 29.1 Å². The number of rotatable bonds is 6. The van der Waals surface area contributed by atoms with Crippen molar-refractivity contribution < 1.29 is 0 Å². The number of aliphatic imine (C=N–C) groups is 1. The van der Waals surface area contributed by atoms with E-state index >= 15 is 0 Å². The molecule has 1 aliphatic heterocycles. The van der Waals surface area contributed by atoms with E-state index in [1.807, 2.05) is 37.1 Å². The number of aromatic amines is 1. The van der Waals surface area contributed by atoms with E-state index in [0.717, 1.165) is 68.7 Å². The Morgan fingerprint density at radius 1 is 1.24 bits per heavy atom. The highest BCUT2D eigenvalue weighted by molar-refractivity contribution is 6.40. The van der Waals surface area contributed by atoms with E-state index in [2.05, 4.69) is 52.4 Å². The number of nitrogens with one attached hydrogen (secondary N) is 1. The lowest BCUT2D eigenvalue weighted by molar-refractivity contribution is 0.0250. The lowest BCUT2D eigenvalue weighted by Crippen LogP contribution is -2.52. The van der Waals surface area contributed by atoms with Gasteiger partial charge in [-0.25, -0.2) is 0 Å². The highest BCUT2D eigenvalue weighted by atomic mass is 35.5. The minimum absolute atomic E-state index is 0.570. The summed E-state index contributed by atoms with van der Waals surface area (Å²) in [6.07, 6.45) is 8.82. The van der Waals surface area contributed by atoms with Gasteiger partial charge in [-0.15, -0.1) is 0 Å². The maximum absolute atomic E-state index is 7.00. The van der Waals surface area contributed by atoms with Crippen molar-refractivity contribution in [3.8, 4) is 0 Å². The van der Waals surface area contributed by atoms with Crippen LogP contribution >= 0.6 is 11.6 Å². The second kappa shape index (κ2) is 9.54. The molecule has 3 N–H and O–H groups in total. The number of aryl methyl sites for hydroxylation is 2. The van der Waals surface area contributed by atoms with Crippen LogP contribution in [0.2, 0.25) is 5.02 Å². The van der Waals surface area contributed by atoms with Crippen molar-refractivity contribution >= 4 is 50.4 Å². The Morgan fingerprint density at radius 2 is 2.05 bits per heavy atom. The molecule has 2 fully saturated rings. The van der Waals surface area contributed by atoms with Crippen LogP contribution in [0.3, 0.4) is 0 Å². The minimum Gasteiger partial charge on any atom is -0.398 e. The van der Waals surface area contributed by atoms with E-state index in [0.29, 0.717) is 16.1 Å². The number of aromatic nitrogens is 4. The van der Waals surface area contributed by atoms with Crippen LogP contribution in [0, 0.1) is 18.3 Å². The minimum atomic E-state index is 0.570. The maximum Gasteiger partial charge on any atom is 0.0679 e. The normalized spacial score (nSPS) is 20.4. The zero-order valence-electron chi connectivity index (χ0n) is 22.7. The predicted octanol–water partition coefficient (Wildman–Crippen LogP) is 5.82. The molecule has 0 bridgehead atoms. The summed E-state index contributed by atoms with van der Waals surface area (Å²) in [5, 5.41) is 14.5. The van der Waals surface area contributed by atoms with Crippen LogP contribution in [0.15, 0.2) is 41.7 Å². The van der Waals surface area contributed by atoms with Gasteiger partial charge in [-0.1, -0.05) is 17.7 Å². The lowest BCUT2D eigenvalue weighted by atomic mass is 9.78. The number of benzene rings is 2. The smallest absolute Gasteiger partial charge is 0.0679 e. The number of hydrogen-bond acceptors (Lipinski definition) is 5. The van der Waals surface area contributed by atoms with Gasteiger partial charge in [0, 0.05) is 60.0 Å². The van der Waals surface area contributed by atoms with Gasteiger partial charge in [-0.05, 0) is 87.2 Å². The summed E-state index contributed by atoms with van der Waals surface area (Å²) in [6, 6.07) is 8.24. The van der Waals surface area contributed by atoms with Gasteiger partial charge in [0.15, 0.2) is 0 Å². The Balaban J connectivity index is 1.38. The number of H-pyrrole nitrogens is 1. The molecule has 2 aromatic carbocycles. The number of hydrogen-bond donors (Lipinski definition) is 2. The second-order valence-electron chi connectivity index (χ2n) is 11.6. The molecular formula is C30H36ClN7. The molecular weight excluding hydrogens is 494 g/mol. The molecule has 0 radical (unpaired) electrons. The predicted molar refractivity (Wildman–Crippen MR) is 157 cm³/mol. The fourth-order valence-corrected chi connectivity index (χ4v) is 7.14. The number of nitrogens with two attached hydrogens (primary N) is 1. The van der Waals surface area contributed by atoms with Crippen molar-refractivity contribution in [2.75, 3.05) is 26.7 Å². The molecule has 38 heavy (non-hydrogen) atoms. The van der Waals surface area contributed by atoms with Crippen molar-refractivity contribution in [2.45, 2.75) is 39.5 Å². The van der Waals surface area contributed by atoms with Crippen LogP contribution in [0.4, 0.5) is 0 Å². The van der Waals surface area contributed by atoms with Gasteiger partial charge in [-0.2, -0.15) is 10.2 Å². The van der Waals surface area contributed by atoms with E-state index in [4.69, 9.17) is 22.3 Å². The quantitative estimate of drug-likeness (QED) is 0.243. The zero-order valence-corrected chi connectivity index (χ0v) is 23.4. The fourth-order valence-electron chi connectivity index (χ4n) is 6.88. The Kier molecular flexibility index (Phi) is 6.31. The third-order valence-electron chi connectivity index (χ3n) is 8.70. The Hall–Kier alpha value is -3.16. The summed E-state index contributed by atoms with van der Waals surface area (Å²) < 4.78 is 1.87. The number of allylic oxidation sites excluding steroid dienone is 1. The maximum atomic E-state index is 7.00. The number of nitrogens with zero attached hydrogens (tertiary/aromatic N) is 5. The standard InChI is InChI=1S/C30H36ClN7/c1-18-11-24-23(15-34-36-24)27(28(18)31)26(29(32)21-5-6-25-22(12-21)14-35-38(25)4)19(2)33-10-8-20-7-9-30(13-20)16-37(3)17-30/h5-6,11-12,14-15,20H,7-10,13,16-17,32H2,1-4H3,(H,34,36)/b29-26+,33-19?. The third-order valence-corrected chi connectivity index (χ3v) is 9.19. The first-order chi connectivity index (χ1) is 18.2. The molecule has 1 saturated carbocycles. The number of fused-ring (bicyclic) bond motifs is 2. The second-order valence-corrected chi connectivity index (χ2v) is 12.0. The summed E-state index contributed by atoms with van der Waals surface area (Å²) in [5.74, 6) is 0.751. The van der Waals surface area contributed by atoms with Crippen molar-refractivity contribution in [1.82, 2.24) is 24.9 Å². The van der Waals surface area contributed by atoms with Gasteiger partial charge in [0.2, 0.25) is 0 Å². The van der Waals surface area contributed by atoms with Crippen LogP contribution in [0.25, 0.3) is 33.1 Å². The molecule has 1 saturated heterocycles. The lowest BCUT2D eigenvalue weighted by Gasteiger charge is -2.46. The first kappa shape index (κ1) is 25.1. The Bertz CT molecular complexity index is 1580. The summed E-state index contributed by atoms with van der Waals surface area (Å²) >= 11 is 7.00. The monoisotopic (exact) mass is 529 g/mol. The van der Waals surface area contributed by atoms with Crippen LogP contribution in [0.1, 0.15) is 49.3 Å². The fraction of sp³-hybridized carbons (Fsp3) is 0.433. The molecule has 8 heteroatoms. The van der Waals surface area contributed by atoms with Gasteiger partial charge >= 0.3 is 0 Å². The molecule has 4 aromatic rings. The van der Waals surface area contributed by atoms with E-state index in [9.17, 15) is 0 Å². The average molecular weight is 530 g/mol. The van der Waals surface area contributed by atoms with Gasteiger partial charge in [0.05, 0.1) is 28.4 Å². The Morgan fingerprint density at radius 3 is 2.84 bits per heavy atom. The van der Waals surface area contributed by atoms with Gasteiger partial charge in [-0.3, -0.25) is 14.8 Å². The first-order valence-electron chi connectivity index (χ1n) is 13.5. The Labute approximate surface area is 228 Å². The van der Waals surface area contributed by atoms with Gasteiger partial charge in [0.25, 0.3) is 0 Å². The highest BCUT2D eigenvalue weighted by Gasteiger charge is 2.46. The molecule has 2 aromatic heterocycles. The summed E-state index contributed by atoms with van der Waals surface area (Å²) in [6.45, 7) is 7.37. The van der Waals surface area contributed by atoms with Gasteiger partial charge < -0.3 is 10.6 Å². The first-order valence-corrected chi connectivity index (χ1v) is 13.9. The SMILES string of the molecule is CC(=NCCC1CCC2(C1)CN(C)C2)/C(=C(\N)c1ccc2c(cnn2C)c1)c1c(Cl)c(C)cc2[nH]ncc12. The molecule has 198 valence electrons. The van der Waals surface area contributed by atoms with Crippen molar-refractivity contribution in [3.63, 3.8) is 0 Å². The molecule has 2 aliphatic rings. The van der Waals surface area contributed by atoms with E-state index in [1.54, 1.807) is 0 Å². The number of halogens is 1. The molecule has 1 unspecified atom stereocenters. The van der Waals surface area contributed by atoms with Gasteiger partial charge in [0.1, 0.15) is 0 Å². The summed E-state index contributed by atoms with van der Waals surface area (Å²) in [4.78, 5) is 7.55. The molecule has 3 heterocycles. The highest BCUT2D eigenvalue weighted by Crippen LogP contribution is 2.48. The molecule has 1 atom stereocenters. The average Bonchev–Trinajstić information content (AvgIpc) is 3.60. The van der Waals surface area contributed by atoms with Crippen molar-refractivity contribution in [3.05, 3.63) is 58.4 Å². The molecule has 6 rings (SSSR count). The van der Waals surface area contributed by atoms with Crippen LogP contribution in [-0.2, 0) is 7.05 Å². The van der Waals surface area contributed by atoms with Crippen molar-refractivity contribution in [1.29, 1.82) is 0 Å². The topological polar surface area (TPSA) is 88.1 Å². The molecule has 1 spiro atoms. The van der Waals surface area contributed by atoms with Crippen LogP contribution in [-0.4, -0.2) is 57.3 Å². The van der Waals surface area contributed by atoms with Crippen LogP contribution in [0.5, 0.6) is 0 Å². The van der Waals surface area contributed by atoms with E-state index < -0.39 is 0 Å². The van der Waals surface area contributed by atoms with E-state index in [-0.39, 0.29) is 0 Å². The molecule has 7 nitrogen and oxygen atoms in total. The molecule has 0 amide bonds. The zero-order chi connectivity index (χ0) is 26.6. The third kappa shape index (κ3) is 4.31.